The molecule has 0 aliphatic carbocycles. The van der Waals surface area contributed by atoms with Crippen molar-refractivity contribution in [1.29, 1.82) is 0 Å². The van der Waals surface area contributed by atoms with Crippen molar-refractivity contribution in [2.24, 2.45) is 0 Å². The largest absolute Gasteiger partial charge is 0.144 e. The van der Waals surface area contributed by atoms with Crippen LogP contribution in [0, 0.1) is 0 Å². The van der Waals surface area contributed by atoms with Gasteiger partial charge in [-0.15, -0.1) is 11.3 Å². The van der Waals surface area contributed by atoms with Crippen LogP contribution in [-0.2, 0) is 0 Å². The summed E-state index contributed by atoms with van der Waals surface area (Å²) in [4.78, 5) is 1.38. The van der Waals surface area contributed by atoms with E-state index < -0.39 is 0 Å². The van der Waals surface area contributed by atoms with E-state index in [0.29, 0.717) is 0 Å². The molecule has 0 spiro atoms. The molecule has 2 aromatic carbocycles. The lowest BCUT2D eigenvalue weighted by molar-refractivity contribution is 1.74. The second-order valence-corrected chi connectivity index (χ2v) is 6.65. The number of allylic oxidation sites excluding steroid dienone is 1. The van der Waals surface area contributed by atoms with E-state index in [9.17, 15) is 0 Å². The van der Waals surface area contributed by atoms with Crippen molar-refractivity contribution in [3.05, 3.63) is 59.5 Å². The Bertz CT molecular complexity index is 811. The third-order valence-corrected chi connectivity index (χ3v) is 5.52. The zero-order chi connectivity index (χ0) is 12.7. The molecule has 2 heteroatoms. The van der Waals surface area contributed by atoms with Crippen LogP contribution in [0.4, 0.5) is 0 Å². The van der Waals surface area contributed by atoms with Crippen LogP contribution in [0.15, 0.2) is 53.9 Å². The molecule has 0 atom stereocenters. The summed E-state index contributed by atoms with van der Waals surface area (Å²) in [6.45, 7) is 0. The maximum Gasteiger partial charge on any atom is 0.0614 e. The van der Waals surface area contributed by atoms with Gasteiger partial charge in [0.25, 0.3) is 0 Å². The van der Waals surface area contributed by atoms with Crippen molar-refractivity contribution in [3.8, 4) is 10.4 Å². The lowest BCUT2D eigenvalue weighted by Crippen LogP contribution is -2.18. The van der Waals surface area contributed by atoms with Gasteiger partial charge in [0.15, 0.2) is 0 Å². The number of benzene rings is 2. The Balaban J connectivity index is 2.19. The average molecular weight is 275 g/mol. The van der Waals surface area contributed by atoms with Gasteiger partial charge in [-0.25, -0.2) is 0 Å². The molecule has 89 valence electrons. The minimum absolute atomic E-state index is 0.768. The average Bonchev–Trinajstić information content (AvgIpc) is 2.98. The van der Waals surface area contributed by atoms with Crippen molar-refractivity contribution in [2.45, 2.75) is 0 Å². The SMILES string of the molecule is C1=Cc2cc3ccccc3c(-c3cccs3)c2[Si]=C1. The van der Waals surface area contributed by atoms with Gasteiger partial charge >= 0.3 is 0 Å². The Morgan fingerprint density at radius 1 is 1.00 bits per heavy atom. The van der Waals surface area contributed by atoms with E-state index >= 15 is 0 Å². The van der Waals surface area contributed by atoms with Crippen LogP contribution in [0.5, 0.6) is 0 Å². The van der Waals surface area contributed by atoms with Gasteiger partial charge in [-0.05, 0) is 39.0 Å². The van der Waals surface area contributed by atoms with Crippen molar-refractivity contribution in [3.63, 3.8) is 0 Å². The zero-order valence-electron chi connectivity index (χ0n) is 10.3. The Morgan fingerprint density at radius 2 is 1.95 bits per heavy atom. The first-order valence-corrected chi connectivity index (χ1v) is 8.25. The summed E-state index contributed by atoms with van der Waals surface area (Å²) in [5.74, 6) is 0. The smallest absolute Gasteiger partial charge is 0.0614 e. The van der Waals surface area contributed by atoms with Crippen LogP contribution in [0.1, 0.15) is 5.56 Å². The van der Waals surface area contributed by atoms with E-state index in [4.69, 9.17) is 0 Å². The minimum atomic E-state index is 0.768. The van der Waals surface area contributed by atoms with Crippen molar-refractivity contribution < 1.29 is 0 Å². The lowest BCUT2D eigenvalue weighted by Gasteiger charge is -2.14. The standard InChI is InChI=1S/C17H11SSi/c1-2-7-14-12(5-1)11-13-6-4-10-19-17(13)16(14)15-8-3-9-18-15/h1-11H. The minimum Gasteiger partial charge on any atom is -0.144 e. The van der Waals surface area contributed by atoms with Crippen LogP contribution in [0.2, 0.25) is 0 Å². The molecule has 19 heavy (non-hydrogen) atoms. The summed E-state index contributed by atoms with van der Waals surface area (Å²) >= 11 is 1.83. The second-order valence-electron chi connectivity index (χ2n) is 4.58. The van der Waals surface area contributed by atoms with Gasteiger partial charge in [-0.3, -0.25) is 0 Å². The van der Waals surface area contributed by atoms with Crippen LogP contribution in [0.3, 0.4) is 0 Å². The summed E-state index contributed by atoms with van der Waals surface area (Å²) < 4.78 is 0. The van der Waals surface area contributed by atoms with Crippen LogP contribution < -0.4 is 5.19 Å². The topological polar surface area (TPSA) is 0 Å². The van der Waals surface area contributed by atoms with Gasteiger partial charge in [0.2, 0.25) is 0 Å². The van der Waals surface area contributed by atoms with Gasteiger partial charge in [-0.1, -0.05) is 48.2 Å². The second kappa shape index (κ2) is 4.40. The number of rotatable bonds is 1. The molecule has 1 aliphatic heterocycles. The van der Waals surface area contributed by atoms with Gasteiger partial charge in [0.1, 0.15) is 0 Å². The number of thiophene rings is 1. The molecule has 0 saturated heterocycles. The molecule has 1 radical (unpaired) electrons. The number of fused-ring (bicyclic) bond motifs is 2. The maximum absolute atomic E-state index is 2.32. The molecule has 1 aliphatic rings. The Hall–Kier alpha value is -1.77. The molecule has 0 N–H and O–H groups in total. The molecule has 0 fully saturated rings. The maximum atomic E-state index is 2.32. The first kappa shape index (κ1) is 11.1. The summed E-state index contributed by atoms with van der Waals surface area (Å²) in [5.41, 5.74) is 5.08. The summed E-state index contributed by atoms with van der Waals surface area (Å²) in [7, 11) is 0.768. The molecule has 0 bridgehead atoms. The monoisotopic (exact) mass is 275 g/mol. The summed E-state index contributed by atoms with van der Waals surface area (Å²) in [6.07, 6.45) is 4.41. The van der Waals surface area contributed by atoms with Gasteiger partial charge in [0, 0.05) is 10.4 Å². The van der Waals surface area contributed by atoms with Crippen LogP contribution in [0.25, 0.3) is 27.3 Å². The van der Waals surface area contributed by atoms with Gasteiger partial charge < -0.3 is 0 Å². The number of hydrogen-bond acceptors (Lipinski definition) is 1. The van der Waals surface area contributed by atoms with Crippen molar-refractivity contribution in [1.82, 2.24) is 0 Å². The normalized spacial score (nSPS) is 12.8. The summed E-state index contributed by atoms with van der Waals surface area (Å²) in [5, 5.41) is 6.36. The Morgan fingerprint density at radius 3 is 2.84 bits per heavy atom. The van der Waals surface area contributed by atoms with E-state index in [-0.39, 0.29) is 0 Å². The molecule has 3 aromatic rings. The van der Waals surface area contributed by atoms with Gasteiger partial charge in [-0.2, -0.15) is 0 Å². The Labute approximate surface area is 118 Å². The highest BCUT2D eigenvalue weighted by Crippen LogP contribution is 2.31. The van der Waals surface area contributed by atoms with E-state index in [1.807, 2.05) is 11.3 Å². The molecule has 4 rings (SSSR count). The van der Waals surface area contributed by atoms with Crippen molar-refractivity contribution >= 4 is 48.2 Å². The van der Waals surface area contributed by atoms with Gasteiger partial charge in [0.05, 0.1) is 9.13 Å². The predicted octanol–water partition coefficient (Wildman–Crippen LogP) is 3.73. The molecular weight excluding hydrogens is 264 g/mol. The predicted molar refractivity (Wildman–Crippen MR) is 87.7 cm³/mol. The fourth-order valence-electron chi connectivity index (χ4n) is 2.62. The van der Waals surface area contributed by atoms with E-state index in [2.05, 4.69) is 65.7 Å². The highest BCUT2D eigenvalue weighted by Gasteiger charge is 2.13. The van der Waals surface area contributed by atoms with Crippen LogP contribution in [-0.4, -0.2) is 14.8 Å². The Kier molecular flexibility index (Phi) is 2.57. The molecule has 0 nitrogen and oxygen atoms in total. The molecule has 0 amide bonds. The quantitative estimate of drug-likeness (QED) is 0.594. The fraction of sp³-hybridized carbons (Fsp3) is 0. The highest BCUT2D eigenvalue weighted by atomic mass is 32.1. The third-order valence-electron chi connectivity index (χ3n) is 3.45. The zero-order valence-corrected chi connectivity index (χ0v) is 12.1. The molecule has 2 heterocycles. The lowest BCUT2D eigenvalue weighted by atomic mass is 9.99. The first-order valence-electron chi connectivity index (χ1n) is 6.29. The fourth-order valence-corrected chi connectivity index (χ4v) is 4.59. The first-order chi connectivity index (χ1) is 9.43. The highest BCUT2D eigenvalue weighted by molar-refractivity contribution is 7.13. The molecular formula is C17H11SSi. The van der Waals surface area contributed by atoms with E-state index in [1.54, 1.807) is 0 Å². The van der Waals surface area contributed by atoms with E-state index in [0.717, 1.165) is 9.13 Å². The van der Waals surface area contributed by atoms with Crippen LogP contribution >= 0.6 is 11.3 Å². The number of hydrogen-bond donors (Lipinski definition) is 0. The molecule has 0 unspecified atom stereocenters. The summed E-state index contributed by atoms with van der Waals surface area (Å²) in [6, 6.07) is 15.4. The molecule has 0 saturated carbocycles. The van der Waals surface area contributed by atoms with E-state index in [1.165, 1.54) is 32.0 Å². The third kappa shape index (κ3) is 1.76. The molecule has 1 aromatic heterocycles. The van der Waals surface area contributed by atoms with Crippen molar-refractivity contribution in [2.75, 3.05) is 0 Å².